The Balaban J connectivity index is 1.51. The van der Waals surface area contributed by atoms with Gasteiger partial charge < -0.3 is 20.1 Å². The molecule has 0 radical (unpaired) electrons. The van der Waals surface area contributed by atoms with Gasteiger partial charge in [0.25, 0.3) is 0 Å². The SMILES string of the molecule is COc1ccc(NC(=O)CSc2nnc(C(C)Oc3ccccc3F)n2-c2ccccc2)cc1NC(C)=O. The lowest BCUT2D eigenvalue weighted by molar-refractivity contribution is -0.114. The van der Waals surface area contributed by atoms with E-state index >= 15 is 0 Å². The molecule has 196 valence electrons. The molecular formula is C27H26FN5O4S. The molecule has 1 heterocycles. The summed E-state index contributed by atoms with van der Waals surface area (Å²) < 4.78 is 27.0. The Bertz CT molecular complexity index is 1430. The minimum atomic E-state index is -0.630. The van der Waals surface area contributed by atoms with Crippen molar-refractivity contribution in [3.05, 3.63) is 84.4 Å². The maximum absolute atomic E-state index is 14.2. The van der Waals surface area contributed by atoms with Crippen molar-refractivity contribution in [3.8, 4) is 17.2 Å². The predicted molar refractivity (Wildman–Crippen MR) is 143 cm³/mol. The van der Waals surface area contributed by atoms with Crippen molar-refractivity contribution in [2.45, 2.75) is 25.1 Å². The van der Waals surface area contributed by atoms with Gasteiger partial charge >= 0.3 is 0 Å². The van der Waals surface area contributed by atoms with Gasteiger partial charge in [0.05, 0.1) is 18.6 Å². The van der Waals surface area contributed by atoms with Crippen LogP contribution in [-0.4, -0.2) is 39.4 Å². The van der Waals surface area contributed by atoms with Crippen molar-refractivity contribution in [1.82, 2.24) is 14.8 Å². The summed E-state index contributed by atoms with van der Waals surface area (Å²) in [5.74, 6) is 0.0566. The molecule has 0 bridgehead atoms. The summed E-state index contributed by atoms with van der Waals surface area (Å²) in [7, 11) is 1.49. The fourth-order valence-corrected chi connectivity index (χ4v) is 4.40. The highest BCUT2D eigenvalue weighted by Gasteiger charge is 2.22. The van der Waals surface area contributed by atoms with Gasteiger partial charge in [0.1, 0.15) is 5.75 Å². The fraction of sp³-hybridized carbons (Fsp3) is 0.185. The van der Waals surface area contributed by atoms with E-state index in [1.165, 1.54) is 31.9 Å². The third-order valence-corrected chi connectivity index (χ3v) is 6.23. The van der Waals surface area contributed by atoms with Gasteiger partial charge in [-0.05, 0) is 49.4 Å². The van der Waals surface area contributed by atoms with Crippen molar-refractivity contribution >= 4 is 35.0 Å². The minimum absolute atomic E-state index is 0.0367. The van der Waals surface area contributed by atoms with Crippen LogP contribution in [0.3, 0.4) is 0 Å². The molecule has 1 atom stereocenters. The fourth-order valence-electron chi connectivity index (χ4n) is 3.64. The smallest absolute Gasteiger partial charge is 0.234 e. The van der Waals surface area contributed by atoms with Crippen LogP contribution in [0.15, 0.2) is 78.0 Å². The van der Waals surface area contributed by atoms with E-state index < -0.39 is 11.9 Å². The van der Waals surface area contributed by atoms with Crippen LogP contribution in [0.2, 0.25) is 0 Å². The average molecular weight is 536 g/mol. The van der Waals surface area contributed by atoms with Crippen LogP contribution in [0.1, 0.15) is 25.8 Å². The molecule has 9 nitrogen and oxygen atoms in total. The Morgan fingerprint density at radius 3 is 2.45 bits per heavy atom. The van der Waals surface area contributed by atoms with Crippen LogP contribution in [0, 0.1) is 5.82 Å². The van der Waals surface area contributed by atoms with Gasteiger partial charge in [0.2, 0.25) is 11.8 Å². The second kappa shape index (κ2) is 12.2. The van der Waals surface area contributed by atoms with Crippen molar-refractivity contribution in [1.29, 1.82) is 0 Å². The maximum Gasteiger partial charge on any atom is 0.234 e. The third kappa shape index (κ3) is 6.48. The Morgan fingerprint density at radius 1 is 1.00 bits per heavy atom. The second-order valence-corrected chi connectivity index (χ2v) is 9.08. The molecule has 4 rings (SSSR count). The molecule has 0 saturated carbocycles. The van der Waals surface area contributed by atoms with Crippen LogP contribution >= 0.6 is 11.8 Å². The van der Waals surface area contributed by atoms with E-state index in [1.807, 2.05) is 30.3 Å². The number of para-hydroxylation sites is 2. The van der Waals surface area contributed by atoms with Gasteiger partial charge in [0, 0.05) is 18.3 Å². The van der Waals surface area contributed by atoms with E-state index in [-0.39, 0.29) is 23.3 Å². The zero-order valence-electron chi connectivity index (χ0n) is 21.0. The molecule has 0 spiro atoms. The van der Waals surface area contributed by atoms with Crippen LogP contribution in [0.5, 0.6) is 11.5 Å². The number of nitrogens with zero attached hydrogens (tertiary/aromatic N) is 3. The molecule has 0 aliphatic carbocycles. The number of anilines is 2. The van der Waals surface area contributed by atoms with E-state index in [9.17, 15) is 14.0 Å². The highest BCUT2D eigenvalue weighted by Crippen LogP contribution is 2.30. The van der Waals surface area contributed by atoms with E-state index in [2.05, 4.69) is 20.8 Å². The van der Waals surface area contributed by atoms with Gasteiger partial charge in [-0.2, -0.15) is 0 Å². The van der Waals surface area contributed by atoms with Gasteiger partial charge in [-0.1, -0.05) is 42.1 Å². The number of nitrogens with one attached hydrogen (secondary N) is 2. The van der Waals surface area contributed by atoms with Crippen molar-refractivity contribution in [2.75, 3.05) is 23.5 Å². The number of halogens is 1. The molecular weight excluding hydrogens is 509 g/mol. The molecule has 0 aliphatic rings. The Kier molecular flexibility index (Phi) is 8.59. The van der Waals surface area contributed by atoms with Gasteiger partial charge in [-0.25, -0.2) is 4.39 Å². The number of aromatic nitrogens is 3. The number of carbonyl (C=O) groups excluding carboxylic acids is 2. The maximum atomic E-state index is 14.2. The predicted octanol–water partition coefficient (Wildman–Crippen LogP) is 5.24. The summed E-state index contributed by atoms with van der Waals surface area (Å²) in [6.45, 7) is 3.15. The van der Waals surface area contributed by atoms with E-state index in [0.29, 0.717) is 28.1 Å². The number of hydrogen-bond acceptors (Lipinski definition) is 7. The van der Waals surface area contributed by atoms with E-state index in [4.69, 9.17) is 9.47 Å². The van der Waals surface area contributed by atoms with Crippen molar-refractivity contribution in [3.63, 3.8) is 0 Å². The first-order valence-corrected chi connectivity index (χ1v) is 12.6. The molecule has 3 aromatic carbocycles. The molecule has 2 N–H and O–H groups in total. The summed E-state index contributed by atoms with van der Waals surface area (Å²) in [5, 5.41) is 14.5. The first kappa shape index (κ1) is 26.7. The lowest BCUT2D eigenvalue weighted by Crippen LogP contribution is -2.16. The number of ether oxygens (including phenoxy) is 2. The molecule has 1 aromatic heterocycles. The van der Waals surface area contributed by atoms with Crippen LogP contribution < -0.4 is 20.1 Å². The number of benzene rings is 3. The summed E-state index contributed by atoms with van der Waals surface area (Å²) in [6.07, 6.45) is -0.630. The van der Waals surface area contributed by atoms with Gasteiger partial charge in [-0.15, -0.1) is 10.2 Å². The number of thioether (sulfide) groups is 1. The molecule has 1 unspecified atom stereocenters. The first-order chi connectivity index (χ1) is 18.4. The number of carbonyl (C=O) groups is 2. The Hall–Kier alpha value is -4.38. The van der Waals surface area contributed by atoms with Crippen molar-refractivity contribution in [2.24, 2.45) is 0 Å². The summed E-state index contributed by atoms with van der Waals surface area (Å²) in [6, 6.07) is 20.5. The largest absolute Gasteiger partial charge is 0.495 e. The zero-order valence-corrected chi connectivity index (χ0v) is 21.8. The van der Waals surface area contributed by atoms with E-state index in [0.717, 1.165) is 5.69 Å². The van der Waals surface area contributed by atoms with Crippen LogP contribution in [0.25, 0.3) is 5.69 Å². The van der Waals surface area contributed by atoms with E-state index in [1.54, 1.807) is 47.9 Å². The van der Waals surface area contributed by atoms with Crippen LogP contribution in [0.4, 0.5) is 15.8 Å². The molecule has 0 saturated heterocycles. The second-order valence-electron chi connectivity index (χ2n) is 8.14. The Labute approximate surface area is 223 Å². The molecule has 0 aliphatic heterocycles. The average Bonchev–Trinajstić information content (AvgIpc) is 3.33. The molecule has 11 heteroatoms. The lowest BCUT2D eigenvalue weighted by atomic mass is 10.2. The molecule has 2 amide bonds. The summed E-state index contributed by atoms with van der Waals surface area (Å²) in [5.41, 5.74) is 1.72. The minimum Gasteiger partial charge on any atom is -0.495 e. The number of hydrogen-bond donors (Lipinski definition) is 2. The topological polar surface area (TPSA) is 107 Å². The molecule has 0 fully saturated rings. The summed E-state index contributed by atoms with van der Waals surface area (Å²) in [4.78, 5) is 24.3. The van der Waals surface area contributed by atoms with Gasteiger partial charge in [-0.3, -0.25) is 14.2 Å². The highest BCUT2D eigenvalue weighted by molar-refractivity contribution is 7.99. The lowest BCUT2D eigenvalue weighted by Gasteiger charge is -2.17. The molecule has 4 aromatic rings. The number of rotatable bonds is 10. The molecule has 38 heavy (non-hydrogen) atoms. The monoisotopic (exact) mass is 535 g/mol. The Morgan fingerprint density at radius 2 is 1.74 bits per heavy atom. The number of amides is 2. The standard InChI is InChI=1S/C27H26FN5O4S/c1-17(37-23-12-8-7-11-21(23)28)26-31-32-27(33(26)20-9-5-4-6-10-20)38-16-25(35)30-19-13-14-24(36-3)22(15-19)29-18(2)34/h4-15,17H,16H2,1-3H3,(H,29,34)(H,30,35). The number of methoxy groups -OCH3 is 1. The van der Waals surface area contributed by atoms with Crippen LogP contribution in [-0.2, 0) is 9.59 Å². The normalized spacial score (nSPS) is 11.5. The summed E-state index contributed by atoms with van der Waals surface area (Å²) >= 11 is 1.19. The van der Waals surface area contributed by atoms with Gasteiger partial charge in [0.15, 0.2) is 28.7 Å². The highest BCUT2D eigenvalue weighted by atomic mass is 32.2. The van der Waals surface area contributed by atoms with Crippen molar-refractivity contribution < 1.29 is 23.5 Å². The zero-order chi connectivity index (χ0) is 27.1. The third-order valence-electron chi connectivity index (χ3n) is 5.30. The quantitative estimate of drug-likeness (QED) is 0.267. The first-order valence-electron chi connectivity index (χ1n) is 11.7.